The van der Waals surface area contributed by atoms with Crippen molar-refractivity contribution in [2.75, 3.05) is 13.2 Å². The Morgan fingerprint density at radius 3 is 3.20 bits per heavy atom. The van der Waals surface area contributed by atoms with Gasteiger partial charge in [0.15, 0.2) is 0 Å². The Morgan fingerprint density at radius 2 is 2.53 bits per heavy atom. The Labute approximate surface area is 88.2 Å². The minimum atomic E-state index is -0.332. The zero-order chi connectivity index (χ0) is 10.5. The average Bonchev–Trinajstić information content (AvgIpc) is 2.90. The van der Waals surface area contributed by atoms with Crippen LogP contribution in [0.1, 0.15) is 29.6 Å². The maximum absolute atomic E-state index is 11.4. The van der Waals surface area contributed by atoms with Gasteiger partial charge in [-0.05, 0) is 18.9 Å². The number of rotatable bonds is 4. The van der Waals surface area contributed by atoms with Crippen molar-refractivity contribution < 1.29 is 18.7 Å². The molecule has 0 unspecified atom stereocenters. The van der Waals surface area contributed by atoms with Crippen LogP contribution in [-0.2, 0) is 9.47 Å². The maximum Gasteiger partial charge on any atom is 0.341 e. The highest BCUT2D eigenvalue weighted by atomic mass is 16.5. The van der Waals surface area contributed by atoms with E-state index in [9.17, 15) is 4.79 Å². The van der Waals surface area contributed by atoms with Crippen LogP contribution in [0.3, 0.4) is 0 Å². The van der Waals surface area contributed by atoms with Gasteiger partial charge in [0, 0.05) is 13.0 Å². The van der Waals surface area contributed by atoms with Gasteiger partial charge in [0.25, 0.3) is 0 Å². The van der Waals surface area contributed by atoms with E-state index in [1.54, 1.807) is 6.07 Å². The lowest BCUT2D eigenvalue weighted by molar-refractivity contribution is 0.0385. The predicted octanol–water partition coefficient (Wildman–Crippen LogP) is 2.01. The molecule has 15 heavy (non-hydrogen) atoms. The number of esters is 1. The van der Waals surface area contributed by atoms with Crippen molar-refractivity contribution >= 4 is 5.97 Å². The van der Waals surface area contributed by atoms with Gasteiger partial charge >= 0.3 is 5.97 Å². The smallest absolute Gasteiger partial charge is 0.341 e. The molecule has 4 heteroatoms. The van der Waals surface area contributed by atoms with E-state index in [0.717, 1.165) is 25.9 Å². The molecule has 82 valence electrons. The molecular weight excluding hydrogens is 196 g/mol. The van der Waals surface area contributed by atoms with Crippen LogP contribution in [0.5, 0.6) is 0 Å². The van der Waals surface area contributed by atoms with Crippen LogP contribution in [0.4, 0.5) is 0 Å². The van der Waals surface area contributed by atoms with Gasteiger partial charge in [0.05, 0.1) is 24.5 Å². The highest BCUT2D eigenvalue weighted by molar-refractivity contribution is 5.88. The van der Waals surface area contributed by atoms with E-state index in [-0.39, 0.29) is 12.1 Å². The molecule has 0 amide bonds. The predicted molar refractivity (Wildman–Crippen MR) is 52.6 cm³/mol. The van der Waals surface area contributed by atoms with Crippen LogP contribution < -0.4 is 0 Å². The van der Waals surface area contributed by atoms with Crippen LogP contribution in [0.15, 0.2) is 23.0 Å². The van der Waals surface area contributed by atoms with Gasteiger partial charge in [-0.2, -0.15) is 0 Å². The van der Waals surface area contributed by atoms with E-state index in [2.05, 4.69) is 0 Å². The standard InChI is InChI=1S/C11H14O4/c12-11(9-3-6-13-8-9)15-7-4-10-2-1-5-14-10/h3,6,8,10H,1-2,4-5,7H2/t10-/m0/s1. The third kappa shape index (κ3) is 2.83. The van der Waals surface area contributed by atoms with E-state index in [0.29, 0.717) is 12.2 Å². The quantitative estimate of drug-likeness (QED) is 0.713. The van der Waals surface area contributed by atoms with E-state index in [1.807, 2.05) is 0 Å². The first-order valence-electron chi connectivity index (χ1n) is 5.17. The van der Waals surface area contributed by atoms with Gasteiger partial charge in [-0.25, -0.2) is 4.79 Å². The molecule has 2 rings (SSSR count). The summed E-state index contributed by atoms with van der Waals surface area (Å²) < 4.78 is 15.3. The molecule has 1 saturated heterocycles. The van der Waals surface area contributed by atoms with Gasteiger partial charge in [-0.15, -0.1) is 0 Å². The largest absolute Gasteiger partial charge is 0.472 e. The molecule has 1 aliphatic rings. The number of carbonyl (C=O) groups is 1. The summed E-state index contributed by atoms with van der Waals surface area (Å²) >= 11 is 0. The number of hydrogen-bond acceptors (Lipinski definition) is 4. The molecule has 1 atom stereocenters. The summed E-state index contributed by atoms with van der Waals surface area (Å²) in [7, 11) is 0. The molecule has 0 aliphatic carbocycles. The molecule has 1 aliphatic heterocycles. The molecule has 0 N–H and O–H groups in total. The normalized spacial score (nSPS) is 20.4. The Bertz CT molecular complexity index is 298. The number of furan rings is 1. The van der Waals surface area contributed by atoms with Crippen molar-refractivity contribution in [3.63, 3.8) is 0 Å². The zero-order valence-electron chi connectivity index (χ0n) is 8.48. The highest BCUT2D eigenvalue weighted by Crippen LogP contribution is 2.15. The number of carbonyl (C=O) groups excluding carboxylic acids is 1. The summed E-state index contributed by atoms with van der Waals surface area (Å²) in [5, 5.41) is 0. The molecular formula is C11H14O4. The third-order valence-corrected chi connectivity index (χ3v) is 2.45. The molecule has 0 bridgehead atoms. The van der Waals surface area contributed by atoms with Crippen molar-refractivity contribution in [1.29, 1.82) is 0 Å². The fraction of sp³-hybridized carbons (Fsp3) is 0.545. The van der Waals surface area contributed by atoms with Gasteiger partial charge in [0.1, 0.15) is 6.26 Å². The summed E-state index contributed by atoms with van der Waals surface area (Å²) in [4.78, 5) is 11.4. The van der Waals surface area contributed by atoms with E-state index >= 15 is 0 Å². The molecule has 1 aromatic heterocycles. The molecule has 4 nitrogen and oxygen atoms in total. The molecule has 2 heterocycles. The van der Waals surface area contributed by atoms with Gasteiger partial charge < -0.3 is 13.9 Å². The van der Waals surface area contributed by atoms with Gasteiger partial charge in [-0.1, -0.05) is 0 Å². The fourth-order valence-electron chi connectivity index (χ4n) is 1.62. The first kappa shape index (κ1) is 10.2. The number of ether oxygens (including phenoxy) is 2. The Kier molecular flexibility index (Phi) is 3.40. The summed E-state index contributed by atoms with van der Waals surface area (Å²) in [5.74, 6) is -0.332. The zero-order valence-corrected chi connectivity index (χ0v) is 8.48. The summed E-state index contributed by atoms with van der Waals surface area (Å²) in [6.45, 7) is 1.25. The first-order chi connectivity index (χ1) is 7.36. The first-order valence-corrected chi connectivity index (χ1v) is 5.17. The molecule has 0 saturated carbocycles. The second-order valence-electron chi connectivity index (χ2n) is 3.57. The van der Waals surface area contributed by atoms with Crippen LogP contribution in [0.25, 0.3) is 0 Å². The summed E-state index contributed by atoms with van der Waals surface area (Å²) in [5.41, 5.74) is 0.461. The minimum Gasteiger partial charge on any atom is -0.472 e. The average molecular weight is 210 g/mol. The maximum atomic E-state index is 11.4. The summed E-state index contributed by atoms with van der Waals surface area (Å²) in [6.07, 6.45) is 6.07. The van der Waals surface area contributed by atoms with Crippen molar-refractivity contribution in [2.24, 2.45) is 0 Å². The third-order valence-electron chi connectivity index (χ3n) is 2.45. The van der Waals surface area contributed by atoms with Crippen LogP contribution >= 0.6 is 0 Å². The Morgan fingerprint density at radius 1 is 1.60 bits per heavy atom. The molecule has 0 aromatic carbocycles. The second kappa shape index (κ2) is 4.98. The SMILES string of the molecule is O=C(OCC[C@@H]1CCCO1)c1ccoc1. The molecule has 0 radical (unpaired) electrons. The second-order valence-corrected chi connectivity index (χ2v) is 3.57. The minimum absolute atomic E-state index is 0.266. The number of hydrogen-bond donors (Lipinski definition) is 0. The molecule has 1 aromatic rings. The van der Waals surface area contributed by atoms with Crippen molar-refractivity contribution in [1.82, 2.24) is 0 Å². The van der Waals surface area contributed by atoms with Crippen molar-refractivity contribution in [2.45, 2.75) is 25.4 Å². The van der Waals surface area contributed by atoms with Gasteiger partial charge in [0.2, 0.25) is 0 Å². The lowest BCUT2D eigenvalue weighted by Gasteiger charge is -2.08. The van der Waals surface area contributed by atoms with Crippen LogP contribution in [0.2, 0.25) is 0 Å². The van der Waals surface area contributed by atoms with E-state index in [1.165, 1.54) is 12.5 Å². The van der Waals surface area contributed by atoms with Gasteiger partial charge in [-0.3, -0.25) is 0 Å². The van der Waals surface area contributed by atoms with Crippen LogP contribution in [-0.4, -0.2) is 25.3 Å². The molecule has 1 fully saturated rings. The Balaban J connectivity index is 1.67. The van der Waals surface area contributed by atoms with E-state index < -0.39 is 0 Å². The monoisotopic (exact) mass is 210 g/mol. The van der Waals surface area contributed by atoms with Crippen LogP contribution in [0, 0.1) is 0 Å². The lowest BCUT2D eigenvalue weighted by atomic mass is 10.2. The lowest BCUT2D eigenvalue weighted by Crippen LogP contribution is -2.12. The highest BCUT2D eigenvalue weighted by Gasteiger charge is 2.16. The Hall–Kier alpha value is -1.29. The topological polar surface area (TPSA) is 48.7 Å². The fourth-order valence-corrected chi connectivity index (χ4v) is 1.62. The summed E-state index contributed by atoms with van der Waals surface area (Å²) in [6, 6.07) is 1.59. The van der Waals surface area contributed by atoms with E-state index in [4.69, 9.17) is 13.9 Å². The van der Waals surface area contributed by atoms with Crippen molar-refractivity contribution in [3.8, 4) is 0 Å². The molecule has 0 spiro atoms. The van der Waals surface area contributed by atoms with Crippen molar-refractivity contribution in [3.05, 3.63) is 24.2 Å².